The van der Waals surface area contributed by atoms with E-state index in [-0.39, 0.29) is 16.6 Å². The first-order valence-electron chi connectivity index (χ1n) is 6.66. The summed E-state index contributed by atoms with van der Waals surface area (Å²) < 4.78 is 27.4. The number of nitrogens with one attached hydrogen (secondary N) is 1. The second kappa shape index (κ2) is 6.57. The van der Waals surface area contributed by atoms with Crippen LogP contribution >= 0.6 is 15.9 Å². The molecule has 0 aliphatic carbocycles. The Bertz CT molecular complexity index is 601. The fraction of sp³-hybridized carbons (Fsp3) is 0.583. The van der Waals surface area contributed by atoms with Crippen molar-refractivity contribution in [2.45, 2.75) is 30.8 Å². The number of halogens is 1. The lowest BCUT2D eigenvalue weighted by atomic mass is 9.93. The number of nitrogens with two attached hydrogens (primary N) is 1. The minimum atomic E-state index is -3.66. The van der Waals surface area contributed by atoms with Gasteiger partial charge in [-0.2, -0.15) is 4.31 Å². The smallest absolute Gasteiger partial charge is 0.246 e. The highest BCUT2D eigenvalue weighted by molar-refractivity contribution is 9.10. The van der Waals surface area contributed by atoms with E-state index in [1.165, 1.54) is 16.6 Å². The Balaban J connectivity index is 2.25. The molecule has 0 bridgehead atoms. The lowest BCUT2D eigenvalue weighted by Gasteiger charge is -2.32. The Labute approximate surface area is 132 Å². The minimum absolute atomic E-state index is 0.0508. The lowest BCUT2D eigenvalue weighted by Crippen LogP contribution is -2.41. The Morgan fingerprint density at radius 1 is 1.52 bits per heavy atom. The van der Waals surface area contributed by atoms with Gasteiger partial charge in [-0.25, -0.2) is 19.2 Å². The van der Waals surface area contributed by atoms with Gasteiger partial charge in [-0.3, -0.25) is 0 Å². The van der Waals surface area contributed by atoms with Crippen molar-refractivity contribution in [1.82, 2.24) is 9.29 Å². The third-order valence-electron chi connectivity index (χ3n) is 3.75. The zero-order chi connectivity index (χ0) is 15.6. The number of aliphatic hydroxyl groups excluding tert-OH is 1. The van der Waals surface area contributed by atoms with Crippen LogP contribution in [0.5, 0.6) is 0 Å². The second-order valence-electron chi connectivity index (χ2n) is 5.13. The van der Waals surface area contributed by atoms with Crippen LogP contribution < -0.4 is 11.3 Å². The topological polar surface area (TPSA) is 109 Å². The van der Waals surface area contributed by atoms with E-state index in [4.69, 9.17) is 5.84 Å². The van der Waals surface area contributed by atoms with Crippen LogP contribution in [0.15, 0.2) is 21.6 Å². The van der Waals surface area contributed by atoms with Crippen molar-refractivity contribution in [1.29, 1.82) is 0 Å². The number of hydrogen-bond acceptors (Lipinski definition) is 6. The molecule has 7 nitrogen and oxygen atoms in total. The molecule has 0 aromatic carbocycles. The molecule has 0 amide bonds. The summed E-state index contributed by atoms with van der Waals surface area (Å²) in [6, 6.07) is 1.48. The normalized spacial score (nSPS) is 19.4. The summed E-state index contributed by atoms with van der Waals surface area (Å²) in [5.74, 6) is 5.61. The van der Waals surface area contributed by atoms with Gasteiger partial charge in [-0.15, -0.1) is 0 Å². The summed E-state index contributed by atoms with van der Waals surface area (Å²) in [6.45, 7) is 2.51. The van der Waals surface area contributed by atoms with Gasteiger partial charge < -0.3 is 10.5 Å². The van der Waals surface area contributed by atoms with Crippen LogP contribution in [0, 0.1) is 5.92 Å². The largest absolute Gasteiger partial charge is 0.393 e. The van der Waals surface area contributed by atoms with E-state index >= 15 is 0 Å². The molecular weight excluding hydrogens is 360 g/mol. The predicted octanol–water partition coefficient (Wildman–Crippen LogP) is 0.911. The Hall–Kier alpha value is -0.740. The van der Waals surface area contributed by atoms with Crippen molar-refractivity contribution in [3.63, 3.8) is 0 Å². The maximum Gasteiger partial charge on any atom is 0.246 e. The van der Waals surface area contributed by atoms with E-state index in [1.807, 2.05) is 0 Å². The molecule has 1 unspecified atom stereocenters. The predicted molar refractivity (Wildman–Crippen MR) is 82.9 cm³/mol. The zero-order valence-corrected chi connectivity index (χ0v) is 14.1. The molecule has 1 aromatic heterocycles. The highest BCUT2D eigenvalue weighted by atomic mass is 79.9. The molecule has 118 valence electrons. The fourth-order valence-electron chi connectivity index (χ4n) is 2.46. The van der Waals surface area contributed by atoms with Crippen LogP contribution in [0.3, 0.4) is 0 Å². The number of hydrazine groups is 1. The molecule has 0 spiro atoms. The maximum atomic E-state index is 12.7. The number of piperidine rings is 1. The Kier molecular flexibility index (Phi) is 5.20. The molecule has 4 N–H and O–H groups in total. The number of nitrogen functional groups attached to an aromatic ring is 1. The van der Waals surface area contributed by atoms with Gasteiger partial charge in [0.25, 0.3) is 0 Å². The first-order chi connectivity index (χ1) is 9.86. The summed E-state index contributed by atoms with van der Waals surface area (Å²) in [7, 11) is -3.66. The van der Waals surface area contributed by atoms with Crippen LogP contribution in [0.2, 0.25) is 0 Å². The minimum Gasteiger partial charge on any atom is -0.393 e. The van der Waals surface area contributed by atoms with Gasteiger partial charge in [-0.05, 0) is 47.7 Å². The maximum absolute atomic E-state index is 12.7. The average molecular weight is 379 g/mol. The van der Waals surface area contributed by atoms with E-state index in [0.717, 1.165) is 0 Å². The molecule has 9 heteroatoms. The number of sulfonamides is 1. The molecule has 1 atom stereocenters. The molecule has 1 aliphatic heterocycles. The summed E-state index contributed by atoms with van der Waals surface area (Å²) in [5.41, 5.74) is 2.32. The summed E-state index contributed by atoms with van der Waals surface area (Å²) in [4.78, 5) is 4.02. The van der Waals surface area contributed by atoms with Gasteiger partial charge in [0.05, 0.1) is 6.10 Å². The third-order valence-corrected chi connectivity index (χ3v) is 6.10. The van der Waals surface area contributed by atoms with Crippen LogP contribution in [0.25, 0.3) is 0 Å². The van der Waals surface area contributed by atoms with Gasteiger partial charge in [-0.1, -0.05) is 0 Å². The number of rotatable bonds is 4. The number of aromatic nitrogens is 1. The van der Waals surface area contributed by atoms with Gasteiger partial charge >= 0.3 is 0 Å². The third kappa shape index (κ3) is 3.54. The Morgan fingerprint density at radius 3 is 2.67 bits per heavy atom. The number of anilines is 1. The Morgan fingerprint density at radius 2 is 2.14 bits per heavy atom. The average Bonchev–Trinajstić information content (AvgIpc) is 2.47. The van der Waals surface area contributed by atoms with Crippen molar-refractivity contribution in [2.24, 2.45) is 11.8 Å². The van der Waals surface area contributed by atoms with Gasteiger partial charge in [0.1, 0.15) is 4.90 Å². The van der Waals surface area contributed by atoms with Gasteiger partial charge in [0.2, 0.25) is 10.0 Å². The van der Waals surface area contributed by atoms with Crippen molar-refractivity contribution >= 4 is 31.8 Å². The molecule has 1 fully saturated rings. The van der Waals surface area contributed by atoms with Crippen LogP contribution in [-0.4, -0.2) is 42.0 Å². The number of aliphatic hydroxyl groups is 1. The van der Waals surface area contributed by atoms with Crippen LogP contribution in [-0.2, 0) is 10.0 Å². The molecule has 1 aromatic rings. The molecule has 21 heavy (non-hydrogen) atoms. The highest BCUT2D eigenvalue weighted by Gasteiger charge is 2.32. The van der Waals surface area contributed by atoms with Gasteiger partial charge in [0.15, 0.2) is 5.82 Å². The molecule has 2 heterocycles. The number of nitrogens with zero attached hydrogens (tertiary/aromatic N) is 2. The highest BCUT2D eigenvalue weighted by Crippen LogP contribution is 2.29. The van der Waals surface area contributed by atoms with Crippen LogP contribution in [0.1, 0.15) is 19.8 Å². The zero-order valence-electron chi connectivity index (χ0n) is 11.7. The standard InChI is InChI=1S/C12H19BrN4O3S/c1-8(18)9-2-4-17(5-3-9)21(19,20)11-6-10(13)7-15-12(11)16-14/h6-9,18H,2-5,14H2,1H3,(H,15,16). The molecule has 1 aliphatic rings. The molecule has 0 saturated carbocycles. The van der Waals surface area contributed by atoms with E-state index in [9.17, 15) is 13.5 Å². The molecule has 1 saturated heterocycles. The van der Waals surface area contributed by atoms with Crippen LogP contribution in [0.4, 0.5) is 5.82 Å². The summed E-state index contributed by atoms with van der Waals surface area (Å²) in [5, 5.41) is 9.59. The van der Waals surface area contributed by atoms with Crippen molar-refractivity contribution in [3.05, 3.63) is 16.7 Å². The quantitative estimate of drug-likeness (QED) is 0.530. The molecule has 2 rings (SSSR count). The first kappa shape index (κ1) is 16.6. The monoisotopic (exact) mass is 378 g/mol. The number of pyridine rings is 1. The number of hydrogen-bond donors (Lipinski definition) is 3. The summed E-state index contributed by atoms with van der Waals surface area (Å²) in [6.07, 6.45) is 2.35. The van der Waals surface area contributed by atoms with E-state index < -0.39 is 16.1 Å². The summed E-state index contributed by atoms with van der Waals surface area (Å²) >= 11 is 3.22. The second-order valence-corrected chi connectivity index (χ2v) is 7.95. The van der Waals surface area contributed by atoms with Gasteiger partial charge in [0, 0.05) is 23.8 Å². The lowest BCUT2D eigenvalue weighted by molar-refractivity contribution is 0.0912. The first-order valence-corrected chi connectivity index (χ1v) is 8.90. The van der Waals surface area contributed by atoms with Crippen molar-refractivity contribution in [3.8, 4) is 0 Å². The fourth-order valence-corrected chi connectivity index (χ4v) is 4.55. The van der Waals surface area contributed by atoms with Crippen molar-refractivity contribution < 1.29 is 13.5 Å². The molecule has 0 radical (unpaired) electrons. The molecular formula is C12H19BrN4O3S. The van der Waals surface area contributed by atoms with E-state index in [2.05, 4.69) is 26.3 Å². The SMILES string of the molecule is CC(O)C1CCN(S(=O)(=O)c2cc(Br)cnc2NN)CC1. The van der Waals surface area contributed by atoms with E-state index in [1.54, 1.807) is 6.92 Å². The van der Waals surface area contributed by atoms with Crippen molar-refractivity contribution in [2.75, 3.05) is 18.5 Å². The van der Waals surface area contributed by atoms with E-state index in [0.29, 0.717) is 30.4 Å².